The number of sulfonamides is 1. The van der Waals surface area contributed by atoms with Crippen molar-refractivity contribution < 1.29 is 22.7 Å². The molecule has 2 heterocycles. The first kappa shape index (κ1) is 21.4. The number of fused-ring (bicyclic) bond motifs is 1. The molecule has 2 aromatic rings. The number of benzene rings is 2. The number of hydrogen-bond acceptors (Lipinski definition) is 5. The highest BCUT2D eigenvalue weighted by atomic mass is 32.2. The van der Waals surface area contributed by atoms with Crippen molar-refractivity contribution in [1.82, 2.24) is 9.62 Å². The van der Waals surface area contributed by atoms with Gasteiger partial charge in [-0.2, -0.15) is 4.31 Å². The minimum Gasteiger partial charge on any atom is -0.486 e. The number of rotatable bonds is 6. The van der Waals surface area contributed by atoms with Crippen LogP contribution in [0.15, 0.2) is 60.0 Å². The van der Waals surface area contributed by atoms with E-state index in [1.807, 2.05) is 54.6 Å². The number of carbonyl (C=O) groups is 1. The molecule has 0 saturated carbocycles. The average molecular weight is 443 g/mol. The Kier molecular flexibility index (Phi) is 6.58. The Balaban J connectivity index is 1.24. The van der Waals surface area contributed by atoms with Crippen LogP contribution in [0, 0.1) is 5.92 Å². The fraction of sp³-hybridized carbons (Fsp3) is 0.348. The van der Waals surface area contributed by atoms with E-state index in [1.54, 1.807) is 6.08 Å². The smallest absolute Gasteiger partial charge is 0.236 e. The molecule has 2 aliphatic heterocycles. The van der Waals surface area contributed by atoms with Crippen molar-refractivity contribution in [2.24, 2.45) is 5.92 Å². The largest absolute Gasteiger partial charge is 0.486 e. The highest BCUT2D eigenvalue weighted by Gasteiger charge is 2.30. The zero-order valence-corrected chi connectivity index (χ0v) is 18.0. The summed E-state index contributed by atoms with van der Waals surface area (Å²) in [5.74, 6) is 1.11. The topological polar surface area (TPSA) is 84.9 Å². The molecule has 2 aliphatic rings. The van der Waals surface area contributed by atoms with Crippen molar-refractivity contribution in [2.75, 3.05) is 26.2 Å². The minimum atomic E-state index is -3.50. The lowest BCUT2D eigenvalue weighted by molar-refractivity contribution is -0.126. The monoisotopic (exact) mass is 442 g/mol. The molecule has 2 aromatic carbocycles. The molecule has 0 aliphatic carbocycles. The highest BCUT2D eigenvalue weighted by molar-refractivity contribution is 7.92. The molecule has 1 amide bonds. The van der Waals surface area contributed by atoms with E-state index >= 15 is 0 Å². The summed E-state index contributed by atoms with van der Waals surface area (Å²) in [5.41, 5.74) is 0.830. The van der Waals surface area contributed by atoms with Crippen LogP contribution in [-0.4, -0.2) is 51.0 Å². The van der Waals surface area contributed by atoms with Gasteiger partial charge in [0.05, 0.1) is 6.54 Å². The summed E-state index contributed by atoms with van der Waals surface area (Å²) in [6.07, 6.45) is 2.34. The zero-order chi connectivity index (χ0) is 21.7. The van der Waals surface area contributed by atoms with Gasteiger partial charge in [-0.15, -0.1) is 0 Å². The zero-order valence-electron chi connectivity index (χ0n) is 17.1. The van der Waals surface area contributed by atoms with Crippen molar-refractivity contribution in [3.8, 4) is 11.5 Å². The van der Waals surface area contributed by atoms with E-state index in [4.69, 9.17) is 9.47 Å². The number of amides is 1. The summed E-state index contributed by atoms with van der Waals surface area (Å²) in [7, 11) is -3.50. The normalized spacial score (nSPS) is 19.9. The summed E-state index contributed by atoms with van der Waals surface area (Å²) < 4.78 is 38.1. The standard InChI is InChI=1S/C23H26N2O5S/c26-23(24-16-20-17-29-21-8-4-5-9-22(21)30-20)19-10-13-25(14-11-19)31(27,28)15-12-18-6-2-1-3-7-18/h1-9,12,15,19-20H,10-11,13-14,16-17H2,(H,24,26). The summed E-state index contributed by atoms with van der Waals surface area (Å²) >= 11 is 0. The molecule has 1 atom stereocenters. The lowest BCUT2D eigenvalue weighted by Crippen LogP contribution is -2.46. The molecule has 1 fully saturated rings. The van der Waals surface area contributed by atoms with Crippen LogP contribution >= 0.6 is 0 Å². The third-order valence-corrected chi connectivity index (χ3v) is 7.05. The Morgan fingerprint density at radius 3 is 2.45 bits per heavy atom. The van der Waals surface area contributed by atoms with Crippen LogP contribution in [0.2, 0.25) is 0 Å². The first-order valence-corrected chi connectivity index (χ1v) is 11.9. The quantitative estimate of drug-likeness (QED) is 0.744. The first-order valence-electron chi connectivity index (χ1n) is 10.4. The second kappa shape index (κ2) is 9.53. The number of piperidine rings is 1. The van der Waals surface area contributed by atoms with Crippen molar-refractivity contribution >= 4 is 22.0 Å². The van der Waals surface area contributed by atoms with Gasteiger partial charge in [-0.25, -0.2) is 8.42 Å². The lowest BCUT2D eigenvalue weighted by atomic mass is 9.97. The van der Waals surface area contributed by atoms with Crippen LogP contribution in [0.25, 0.3) is 6.08 Å². The van der Waals surface area contributed by atoms with Crippen molar-refractivity contribution in [3.63, 3.8) is 0 Å². The van der Waals surface area contributed by atoms with E-state index < -0.39 is 10.0 Å². The molecule has 31 heavy (non-hydrogen) atoms. The second-order valence-electron chi connectivity index (χ2n) is 7.67. The van der Waals surface area contributed by atoms with Crippen LogP contribution in [-0.2, 0) is 14.8 Å². The molecule has 0 bridgehead atoms. The third kappa shape index (κ3) is 5.45. The molecule has 7 nitrogen and oxygen atoms in total. The van der Waals surface area contributed by atoms with Gasteiger partial charge < -0.3 is 14.8 Å². The lowest BCUT2D eigenvalue weighted by Gasteiger charge is -2.30. The maximum Gasteiger partial charge on any atom is 0.236 e. The fourth-order valence-electron chi connectivity index (χ4n) is 3.71. The highest BCUT2D eigenvalue weighted by Crippen LogP contribution is 2.30. The van der Waals surface area contributed by atoms with Crippen molar-refractivity contribution in [2.45, 2.75) is 18.9 Å². The molecule has 0 radical (unpaired) electrons. The van der Waals surface area contributed by atoms with Crippen LogP contribution in [0.1, 0.15) is 18.4 Å². The van der Waals surface area contributed by atoms with E-state index in [0.717, 1.165) is 5.56 Å². The molecule has 1 unspecified atom stereocenters. The van der Waals surface area contributed by atoms with Crippen LogP contribution in [0.3, 0.4) is 0 Å². The maximum absolute atomic E-state index is 12.6. The SMILES string of the molecule is O=C(NCC1COc2ccccc2O1)C1CCN(S(=O)(=O)C=Cc2ccccc2)CC1. The molecule has 0 aromatic heterocycles. The van der Waals surface area contributed by atoms with Gasteiger partial charge in [0, 0.05) is 24.4 Å². The Morgan fingerprint density at radius 2 is 1.71 bits per heavy atom. The average Bonchev–Trinajstić information content (AvgIpc) is 2.82. The number of para-hydroxylation sites is 2. The van der Waals surface area contributed by atoms with E-state index in [9.17, 15) is 13.2 Å². The van der Waals surface area contributed by atoms with Crippen LogP contribution in [0.4, 0.5) is 0 Å². The van der Waals surface area contributed by atoms with E-state index in [2.05, 4.69) is 5.32 Å². The number of hydrogen-bond donors (Lipinski definition) is 1. The Bertz CT molecular complexity index is 1030. The number of ether oxygens (including phenoxy) is 2. The molecule has 164 valence electrons. The third-order valence-electron chi connectivity index (χ3n) is 5.49. The van der Waals surface area contributed by atoms with Gasteiger partial charge in [-0.1, -0.05) is 42.5 Å². The summed E-state index contributed by atoms with van der Waals surface area (Å²) in [6, 6.07) is 16.7. The van der Waals surface area contributed by atoms with Crippen molar-refractivity contribution in [1.29, 1.82) is 0 Å². The Labute approximate surface area is 182 Å². The molecule has 1 saturated heterocycles. The summed E-state index contributed by atoms with van der Waals surface area (Å²) in [5, 5.41) is 4.16. The number of nitrogens with one attached hydrogen (secondary N) is 1. The van der Waals surface area contributed by atoms with Gasteiger partial charge in [0.1, 0.15) is 12.7 Å². The second-order valence-corrected chi connectivity index (χ2v) is 9.49. The summed E-state index contributed by atoms with van der Waals surface area (Å²) in [4.78, 5) is 12.6. The predicted octanol–water partition coefficient (Wildman–Crippen LogP) is 2.66. The summed E-state index contributed by atoms with van der Waals surface area (Å²) in [6.45, 7) is 1.39. The van der Waals surface area contributed by atoms with E-state index in [-0.39, 0.29) is 17.9 Å². The van der Waals surface area contributed by atoms with Crippen LogP contribution < -0.4 is 14.8 Å². The van der Waals surface area contributed by atoms with Gasteiger partial charge in [-0.3, -0.25) is 4.79 Å². The molecule has 1 N–H and O–H groups in total. The van der Waals surface area contributed by atoms with Gasteiger partial charge >= 0.3 is 0 Å². The molecule has 0 spiro atoms. The molecular weight excluding hydrogens is 416 g/mol. The minimum absolute atomic E-state index is 0.0701. The van der Waals surface area contributed by atoms with Gasteiger partial charge in [0.15, 0.2) is 11.5 Å². The fourth-order valence-corrected chi connectivity index (χ4v) is 4.93. The predicted molar refractivity (Wildman–Crippen MR) is 118 cm³/mol. The van der Waals surface area contributed by atoms with Gasteiger partial charge in [0.25, 0.3) is 0 Å². The van der Waals surface area contributed by atoms with Gasteiger partial charge in [0.2, 0.25) is 15.9 Å². The molecule has 4 rings (SSSR count). The van der Waals surface area contributed by atoms with Crippen LogP contribution in [0.5, 0.6) is 11.5 Å². The Morgan fingerprint density at radius 1 is 1.03 bits per heavy atom. The van der Waals surface area contributed by atoms with Gasteiger partial charge in [-0.05, 0) is 36.6 Å². The van der Waals surface area contributed by atoms with Crippen molar-refractivity contribution in [3.05, 3.63) is 65.6 Å². The van der Waals surface area contributed by atoms with E-state index in [1.165, 1.54) is 9.71 Å². The molecular formula is C23H26N2O5S. The maximum atomic E-state index is 12.6. The first-order chi connectivity index (χ1) is 15.0. The number of nitrogens with zero attached hydrogens (tertiary/aromatic N) is 1. The number of carbonyl (C=O) groups excluding carboxylic acids is 1. The Hall–Kier alpha value is -2.84. The molecule has 8 heteroatoms. The van der Waals surface area contributed by atoms with E-state index in [0.29, 0.717) is 50.6 Å².